The van der Waals surface area contributed by atoms with Crippen LogP contribution in [0.25, 0.3) is 22.2 Å². The molecule has 0 spiro atoms. The SMILES string of the molecule is O=C(CCc1nc(-c2ccccc2)no1)N1CCCN(Cc2n[nH]c(=O)c3ccccc23)CC1. The van der Waals surface area contributed by atoms with E-state index < -0.39 is 0 Å². The maximum atomic E-state index is 12.8. The van der Waals surface area contributed by atoms with Gasteiger partial charge in [0, 0.05) is 56.5 Å². The first-order valence-electron chi connectivity index (χ1n) is 11.5. The maximum Gasteiger partial charge on any atom is 0.272 e. The molecule has 34 heavy (non-hydrogen) atoms. The second kappa shape index (κ2) is 9.96. The van der Waals surface area contributed by atoms with Crippen LogP contribution in [0.4, 0.5) is 0 Å². The summed E-state index contributed by atoms with van der Waals surface area (Å²) in [5.74, 6) is 1.10. The lowest BCUT2D eigenvalue weighted by molar-refractivity contribution is -0.131. The monoisotopic (exact) mass is 458 g/mol. The van der Waals surface area contributed by atoms with Crippen molar-refractivity contribution >= 4 is 16.7 Å². The van der Waals surface area contributed by atoms with Crippen molar-refractivity contribution in [2.24, 2.45) is 0 Å². The lowest BCUT2D eigenvalue weighted by Gasteiger charge is -2.22. The molecule has 0 atom stereocenters. The van der Waals surface area contributed by atoms with E-state index in [4.69, 9.17) is 4.52 Å². The highest BCUT2D eigenvalue weighted by Gasteiger charge is 2.21. The first-order valence-corrected chi connectivity index (χ1v) is 11.5. The van der Waals surface area contributed by atoms with E-state index in [-0.39, 0.29) is 11.5 Å². The molecule has 174 valence electrons. The number of hydrogen-bond acceptors (Lipinski definition) is 7. The summed E-state index contributed by atoms with van der Waals surface area (Å²) in [6.07, 6.45) is 1.64. The molecule has 0 radical (unpaired) electrons. The highest BCUT2D eigenvalue weighted by molar-refractivity contribution is 5.83. The number of nitrogens with one attached hydrogen (secondary N) is 1. The minimum Gasteiger partial charge on any atom is -0.341 e. The average Bonchev–Trinajstić information content (AvgIpc) is 3.23. The Morgan fingerprint density at radius 3 is 2.62 bits per heavy atom. The summed E-state index contributed by atoms with van der Waals surface area (Å²) >= 11 is 0. The van der Waals surface area contributed by atoms with E-state index in [1.54, 1.807) is 0 Å². The quantitative estimate of drug-likeness (QED) is 0.473. The summed E-state index contributed by atoms with van der Waals surface area (Å²) in [6, 6.07) is 17.2. The van der Waals surface area contributed by atoms with Gasteiger partial charge in [-0.2, -0.15) is 10.1 Å². The van der Waals surface area contributed by atoms with Gasteiger partial charge in [0.1, 0.15) is 0 Å². The van der Waals surface area contributed by atoms with Crippen LogP contribution in [0.1, 0.15) is 24.4 Å². The van der Waals surface area contributed by atoms with Crippen LogP contribution in [0.15, 0.2) is 63.9 Å². The molecule has 1 amide bonds. The number of aromatic nitrogens is 4. The number of amides is 1. The fraction of sp³-hybridized carbons (Fsp3) is 0.320. The van der Waals surface area contributed by atoms with Gasteiger partial charge in [-0.1, -0.05) is 53.7 Å². The Kier molecular flexibility index (Phi) is 6.44. The van der Waals surface area contributed by atoms with Gasteiger partial charge in [0.15, 0.2) is 0 Å². The summed E-state index contributed by atoms with van der Waals surface area (Å²) in [4.78, 5) is 33.5. The maximum absolute atomic E-state index is 12.8. The van der Waals surface area contributed by atoms with Gasteiger partial charge in [-0.15, -0.1) is 0 Å². The van der Waals surface area contributed by atoms with Crippen molar-refractivity contribution in [2.75, 3.05) is 26.2 Å². The molecule has 9 nitrogen and oxygen atoms in total. The third-order valence-corrected chi connectivity index (χ3v) is 6.14. The Morgan fingerprint density at radius 1 is 0.971 bits per heavy atom. The summed E-state index contributed by atoms with van der Waals surface area (Å²) in [5.41, 5.74) is 1.56. The molecule has 1 N–H and O–H groups in total. The van der Waals surface area contributed by atoms with Crippen LogP contribution < -0.4 is 5.56 Å². The van der Waals surface area contributed by atoms with Gasteiger partial charge >= 0.3 is 0 Å². The Bertz CT molecular complexity index is 1330. The molecule has 0 saturated carbocycles. The highest BCUT2D eigenvalue weighted by Crippen LogP contribution is 2.17. The van der Waals surface area contributed by atoms with Crippen LogP contribution in [0.5, 0.6) is 0 Å². The van der Waals surface area contributed by atoms with E-state index in [2.05, 4.69) is 25.2 Å². The minimum atomic E-state index is -0.177. The molecule has 9 heteroatoms. The van der Waals surface area contributed by atoms with Crippen LogP contribution in [0.3, 0.4) is 0 Å². The summed E-state index contributed by atoms with van der Waals surface area (Å²) < 4.78 is 5.34. The molecule has 0 unspecified atom stereocenters. The zero-order valence-electron chi connectivity index (χ0n) is 18.8. The highest BCUT2D eigenvalue weighted by atomic mass is 16.5. The Labute approximate surface area is 196 Å². The number of hydrogen-bond donors (Lipinski definition) is 1. The van der Waals surface area contributed by atoms with Crippen LogP contribution >= 0.6 is 0 Å². The number of benzene rings is 2. The molecule has 1 aliphatic heterocycles. The van der Waals surface area contributed by atoms with Crippen LogP contribution in [-0.2, 0) is 17.8 Å². The Hall–Kier alpha value is -3.85. The third-order valence-electron chi connectivity index (χ3n) is 6.14. The Balaban J connectivity index is 1.16. The molecule has 3 heterocycles. The minimum absolute atomic E-state index is 0.0916. The first kappa shape index (κ1) is 22.0. The van der Waals surface area contributed by atoms with Crippen molar-refractivity contribution in [3.05, 3.63) is 76.5 Å². The van der Waals surface area contributed by atoms with Gasteiger partial charge in [-0.3, -0.25) is 14.5 Å². The number of carbonyl (C=O) groups excluding carboxylic acids is 1. The van der Waals surface area contributed by atoms with Gasteiger partial charge < -0.3 is 9.42 Å². The lowest BCUT2D eigenvalue weighted by Crippen LogP contribution is -2.35. The molecule has 2 aromatic carbocycles. The van der Waals surface area contributed by atoms with Gasteiger partial charge in [0.25, 0.3) is 5.56 Å². The second-order valence-electron chi connectivity index (χ2n) is 8.43. The normalized spacial score (nSPS) is 14.9. The summed E-state index contributed by atoms with van der Waals surface area (Å²) in [7, 11) is 0. The zero-order valence-corrected chi connectivity index (χ0v) is 18.8. The third kappa shape index (κ3) is 4.89. The molecule has 4 aromatic rings. The molecular formula is C25H26N6O3. The molecule has 0 aliphatic carbocycles. The molecule has 5 rings (SSSR count). The zero-order chi connectivity index (χ0) is 23.3. The predicted molar refractivity (Wildman–Crippen MR) is 127 cm³/mol. The van der Waals surface area contributed by atoms with Gasteiger partial charge in [-0.25, -0.2) is 5.10 Å². The molecule has 1 saturated heterocycles. The molecule has 2 aromatic heterocycles. The largest absolute Gasteiger partial charge is 0.341 e. The fourth-order valence-electron chi connectivity index (χ4n) is 4.32. The van der Waals surface area contributed by atoms with Crippen LogP contribution in [0.2, 0.25) is 0 Å². The number of rotatable bonds is 6. The van der Waals surface area contributed by atoms with Crippen molar-refractivity contribution in [1.29, 1.82) is 0 Å². The van der Waals surface area contributed by atoms with E-state index in [1.807, 2.05) is 59.5 Å². The lowest BCUT2D eigenvalue weighted by atomic mass is 10.1. The van der Waals surface area contributed by atoms with Crippen molar-refractivity contribution in [3.8, 4) is 11.4 Å². The van der Waals surface area contributed by atoms with E-state index >= 15 is 0 Å². The van der Waals surface area contributed by atoms with E-state index in [0.29, 0.717) is 49.6 Å². The van der Waals surface area contributed by atoms with Crippen molar-refractivity contribution in [2.45, 2.75) is 25.8 Å². The van der Waals surface area contributed by atoms with Crippen molar-refractivity contribution < 1.29 is 9.32 Å². The van der Waals surface area contributed by atoms with Crippen LogP contribution in [-0.4, -0.2) is 62.2 Å². The second-order valence-corrected chi connectivity index (χ2v) is 8.43. The topological polar surface area (TPSA) is 108 Å². The number of nitrogens with zero attached hydrogens (tertiary/aromatic N) is 5. The molecule has 0 bridgehead atoms. The van der Waals surface area contributed by atoms with Gasteiger partial charge in [0.05, 0.1) is 11.1 Å². The van der Waals surface area contributed by atoms with E-state index in [0.717, 1.165) is 36.2 Å². The molecular weight excluding hydrogens is 432 g/mol. The van der Waals surface area contributed by atoms with E-state index in [1.165, 1.54) is 0 Å². The van der Waals surface area contributed by atoms with E-state index in [9.17, 15) is 9.59 Å². The van der Waals surface area contributed by atoms with Crippen LogP contribution in [0, 0.1) is 0 Å². The number of aryl methyl sites for hydroxylation is 1. The van der Waals surface area contributed by atoms with Gasteiger partial charge in [0.2, 0.25) is 17.6 Å². The number of carbonyl (C=O) groups is 1. The number of H-pyrrole nitrogens is 1. The number of fused-ring (bicyclic) bond motifs is 1. The standard InChI is InChI=1S/C25H26N6O3/c32-23(12-11-22-26-24(29-34-22)18-7-2-1-3-8-18)31-14-6-13-30(15-16-31)17-21-19-9-4-5-10-20(19)25(33)28-27-21/h1-5,7-10H,6,11-17H2,(H,28,33). The predicted octanol–water partition coefficient (Wildman–Crippen LogP) is 2.64. The van der Waals surface area contributed by atoms with Gasteiger partial charge in [-0.05, 0) is 12.5 Å². The molecule has 1 aliphatic rings. The first-order chi connectivity index (χ1) is 16.7. The summed E-state index contributed by atoms with van der Waals surface area (Å²) in [5, 5.41) is 12.4. The molecule has 1 fully saturated rings. The average molecular weight is 459 g/mol. The Morgan fingerprint density at radius 2 is 1.76 bits per heavy atom. The van der Waals surface area contributed by atoms with Crippen molar-refractivity contribution in [1.82, 2.24) is 30.1 Å². The van der Waals surface area contributed by atoms with Crippen molar-refractivity contribution in [3.63, 3.8) is 0 Å². The fourth-order valence-corrected chi connectivity index (χ4v) is 4.32. The smallest absolute Gasteiger partial charge is 0.272 e. The number of aromatic amines is 1. The summed E-state index contributed by atoms with van der Waals surface area (Å²) in [6.45, 7) is 3.61.